The SMILES string of the molecule is Cc1cccc(NC(=O)NC(=O)CN2CCCc3cc(F)ccc32)c1C. The first-order valence-electron chi connectivity index (χ1n) is 8.64. The van der Waals surface area contributed by atoms with Crippen molar-refractivity contribution in [3.8, 4) is 0 Å². The van der Waals surface area contributed by atoms with Gasteiger partial charge in [-0.3, -0.25) is 10.1 Å². The summed E-state index contributed by atoms with van der Waals surface area (Å²) in [5.74, 6) is -0.673. The van der Waals surface area contributed by atoms with Gasteiger partial charge in [0.15, 0.2) is 0 Å². The van der Waals surface area contributed by atoms with Crippen LogP contribution in [0.1, 0.15) is 23.1 Å². The molecule has 2 N–H and O–H groups in total. The minimum Gasteiger partial charge on any atom is -0.362 e. The molecule has 0 unspecified atom stereocenters. The molecule has 3 amide bonds. The highest BCUT2D eigenvalue weighted by Gasteiger charge is 2.20. The van der Waals surface area contributed by atoms with Gasteiger partial charge in [-0.15, -0.1) is 0 Å². The fraction of sp³-hybridized carbons (Fsp3) is 0.300. The number of nitrogens with zero attached hydrogens (tertiary/aromatic N) is 1. The lowest BCUT2D eigenvalue weighted by Crippen LogP contribution is -2.43. The van der Waals surface area contributed by atoms with Gasteiger partial charge in [-0.2, -0.15) is 0 Å². The number of carbonyl (C=O) groups excluding carboxylic acids is 2. The summed E-state index contributed by atoms with van der Waals surface area (Å²) >= 11 is 0. The van der Waals surface area contributed by atoms with E-state index < -0.39 is 11.9 Å². The topological polar surface area (TPSA) is 61.4 Å². The normalized spacial score (nSPS) is 13.1. The monoisotopic (exact) mass is 355 g/mol. The van der Waals surface area contributed by atoms with Gasteiger partial charge in [0, 0.05) is 17.9 Å². The summed E-state index contributed by atoms with van der Waals surface area (Å²) in [6.45, 7) is 4.63. The van der Waals surface area contributed by atoms with Gasteiger partial charge in [0.2, 0.25) is 5.91 Å². The molecule has 0 fully saturated rings. The van der Waals surface area contributed by atoms with Crippen molar-refractivity contribution in [2.45, 2.75) is 26.7 Å². The van der Waals surface area contributed by atoms with Crippen molar-refractivity contribution >= 4 is 23.3 Å². The van der Waals surface area contributed by atoms with E-state index in [2.05, 4.69) is 10.6 Å². The van der Waals surface area contributed by atoms with Crippen LogP contribution in [0.25, 0.3) is 0 Å². The van der Waals surface area contributed by atoms with E-state index in [1.165, 1.54) is 12.1 Å². The molecule has 26 heavy (non-hydrogen) atoms. The third-order valence-corrected chi connectivity index (χ3v) is 4.70. The Balaban J connectivity index is 1.61. The number of hydrogen-bond donors (Lipinski definition) is 2. The Bertz CT molecular complexity index is 851. The molecule has 1 aliphatic rings. The first-order chi connectivity index (χ1) is 12.4. The summed E-state index contributed by atoms with van der Waals surface area (Å²) in [5, 5.41) is 5.07. The molecule has 136 valence electrons. The van der Waals surface area contributed by atoms with Crippen molar-refractivity contribution in [3.05, 3.63) is 58.9 Å². The van der Waals surface area contributed by atoms with Crippen LogP contribution in [0.2, 0.25) is 0 Å². The predicted molar refractivity (Wildman–Crippen MR) is 100 cm³/mol. The third-order valence-electron chi connectivity index (χ3n) is 4.70. The van der Waals surface area contributed by atoms with Crippen LogP contribution < -0.4 is 15.5 Å². The highest BCUT2D eigenvalue weighted by atomic mass is 19.1. The minimum absolute atomic E-state index is 0.0544. The quantitative estimate of drug-likeness (QED) is 0.885. The van der Waals surface area contributed by atoms with Gasteiger partial charge >= 0.3 is 6.03 Å². The van der Waals surface area contributed by atoms with Crippen LogP contribution in [0, 0.1) is 19.7 Å². The van der Waals surface area contributed by atoms with E-state index in [9.17, 15) is 14.0 Å². The maximum absolute atomic E-state index is 13.4. The van der Waals surface area contributed by atoms with E-state index in [0.29, 0.717) is 12.2 Å². The van der Waals surface area contributed by atoms with Crippen LogP contribution in [0.3, 0.4) is 0 Å². The van der Waals surface area contributed by atoms with Crippen molar-refractivity contribution in [1.82, 2.24) is 5.32 Å². The number of aryl methyl sites for hydroxylation is 2. The molecule has 6 heteroatoms. The number of carbonyl (C=O) groups is 2. The van der Waals surface area contributed by atoms with Crippen molar-refractivity contribution in [2.75, 3.05) is 23.3 Å². The molecule has 0 atom stereocenters. The van der Waals surface area contributed by atoms with E-state index in [4.69, 9.17) is 0 Å². The molecule has 0 aromatic heterocycles. The lowest BCUT2D eigenvalue weighted by molar-refractivity contribution is -0.118. The number of fused-ring (bicyclic) bond motifs is 1. The van der Waals surface area contributed by atoms with Crippen LogP contribution >= 0.6 is 0 Å². The van der Waals surface area contributed by atoms with E-state index in [0.717, 1.165) is 35.2 Å². The zero-order valence-corrected chi connectivity index (χ0v) is 14.9. The molecule has 2 aromatic rings. The van der Waals surface area contributed by atoms with E-state index in [-0.39, 0.29) is 12.4 Å². The second-order valence-electron chi connectivity index (χ2n) is 6.55. The number of rotatable bonds is 3. The number of nitrogens with one attached hydrogen (secondary N) is 2. The molecule has 0 saturated carbocycles. The summed E-state index contributed by atoms with van der Waals surface area (Å²) in [6.07, 6.45) is 1.64. The maximum Gasteiger partial charge on any atom is 0.325 e. The number of hydrogen-bond acceptors (Lipinski definition) is 3. The van der Waals surface area contributed by atoms with E-state index >= 15 is 0 Å². The standard InChI is InChI=1S/C20H22FN3O2/c1-13-5-3-7-17(14(13)2)22-20(26)23-19(25)12-24-10-4-6-15-11-16(21)8-9-18(15)24/h3,5,7-9,11H,4,6,10,12H2,1-2H3,(H2,22,23,25,26). The Morgan fingerprint density at radius 1 is 1.19 bits per heavy atom. The molecule has 5 nitrogen and oxygen atoms in total. The van der Waals surface area contributed by atoms with Crippen LogP contribution in [0.4, 0.5) is 20.6 Å². The predicted octanol–water partition coefficient (Wildman–Crippen LogP) is 3.54. The molecule has 2 aromatic carbocycles. The molecule has 0 radical (unpaired) electrons. The van der Waals surface area contributed by atoms with Crippen LogP contribution in [-0.4, -0.2) is 25.0 Å². The average molecular weight is 355 g/mol. The zero-order chi connectivity index (χ0) is 18.7. The number of urea groups is 1. The van der Waals surface area contributed by atoms with Crippen LogP contribution in [-0.2, 0) is 11.2 Å². The number of amides is 3. The number of imide groups is 1. The third kappa shape index (κ3) is 4.02. The van der Waals surface area contributed by atoms with E-state index in [1.54, 1.807) is 12.1 Å². The Kier molecular flexibility index (Phi) is 5.21. The Hall–Kier alpha value is -2.89. The molecule has 3 rings (SSSR count). The zero-order valence-electron chi connectivity index (χ0n) is 14.9. The molecule has 1 heterocycles. The maximum atomic E-state index is 13.4. The van der Waals surface area contributed by atoms with Gasteiger partial charge in [0.05, 0.1) is 6.54 Å². The largest absolute Gasteiger partial charge is 0.362 e. The minimum atomic E-state index is -0.556. The van der Waals surface area contributed by atoms with Crippen molar-refractivity contribution in [2.24, 2.45) is 0 Å². The van der Waals surface area contributed by atoms with Crippen LogP contribution in [0.5, 0.6) is 0 Å². The molecule has 0 spiro atoms. The molecular formula is C20H22FN3O2. The molecule has 0 aliphatic carbocycles. The number of benzene rings is 2. The molecule has 0 bridgehead atoms. The highest BCUT2D eigenvalue weighted by Crippen LogP contribution is 2.27. The van der Waals surface area contributed by atoms with Gasteiger partial charge in [-0.1, -0.05) is 12.1 Å². The molecular weight excluding hydrogens is 333 g/mol. The number of anilines is 2. The first-order valence-corrected chi connectivity index (χ1v) is 8.64. The highest BCUT2D eigenvalue weighted by molar-refractivity contribution is 6.02. The fourth-order valence-corrected chi connectivity index (χ4v) is 3.19. The fourth-order valence-electron chi connectivity index (χ4n) is 3.19. The van der Waals surface area contributed by atoms with Gasteiger partial charge in [-0.05, 0) is 67.6 Å². The van der Waals surface area contributed by atoms with Gasteiger partial charge in [0.25, 0.3) is 0 Å². The smallest absolute Gasteiger partial charge is 0.325 e. The number of halogens is 1. The van der Waals surface area contributed by atoms with Gasteiger partial charge < -0.3 is 10.2 Å². The van der Waals surface area contributed by atoms with Gasteiger partial charge in [0.1, 0.15) is 5.82 Å². The van der Waals surface area contributed by atoms with Gasteiger partial charge in [-0.25, -0.2) is 9.18 Å². The van der Waals surface area contributed by atoms with Crippen molar-refractivity contribution < 1.29 is 14.0 Å². The Morgan fingerprint density at radius 3 is 2.81 bits per heavy atom. The average Bonchev–Trinajstić information content (AvgIpc) is 2.58. The summed E-state index contributed by atoms with van der Waals surface area (Å²) < 4.78 is 13.4. The second-order valence-corrected chi connectivity index (χ2v) is 6.55. The van der Waals surface area contributed by atoms with Crippen LogP contribution in [0.15, 0.2) is 36.4 Å². The van der Waals surface area contributed by atoms with E-state index in [1.807, 2.05) is 30.9 Å². The second kappa shape index (κ2) is 7.56. The lowest BCUT2D eigenvalue weighted by atomic mass is 10.0. The Morgan fingerprint density at radius 2 is 2.00 bits per heavy atom. The summed E-state index contributed by atoms with van der Waals surface area (Å²) in [5.41, 5.74) is 4.44. The summed E-state index contributed by atoms with van der Waals surface area (Å²) in [4.78, 5) is 26.2. The molecule has 1 aliphatic heterocycles. The van der Waals surface area contributed by atoms with Crippen molar-refractivity contribution in [1.29, 1.82) is 0 Å². The first kappa shape index (κ1) is 17.9. The van der Waals surface area contributed by atoms with Crippen molar-refractivity contribution in [3.63, 3.8) is 0 Å². The Labute approximate surface area is 152 Å². The molecule has 0 saturated heterocycles. The lowest BCUT2D eigenvalue weighted by Gasteiger charge is -2.30. The summed E-state index contributed by atoms with van der Waals surface area (Å²) in [6, 6.07) is 9.63. The summed E-state index contributed by atoms with van der Waals surface area (Å²) in [7, 11) is 0.